The van der Waals surface area contributed by atoms with Gasteiger partial charge < -0.3 is 19.0 Å². The third-order valence-electron chi connectivity index (χ3n) is 6.65. The molecule has 1 heterocycles. The van der Waals surface area contributed by atoms with Crippen LogP contribution in [0.15, 0.2) is 94.3 Å². The summed E-state index contributed by atoms with van der Waals surface area (Å²) in [5.41, 5.74) is 3.16. The minimum Gasteiger partial charge on any atom is -0.464 e. The van der Waals surface area contributed by atoms with E-state index in [1.165, 1.54) is 11.2 Å². The number of methoxy groups -OCH3 is 1. The molecule has 0 saturated heterocycles. The highest BCUT2D eigenvalue weighted by molar-refractivity contribution is 6.30. The van der Waals surface area contributed by atoms with E-state index in [-0.39, 0.29) is 36.9 Å². The Morgan fingerprint density at radius 1 is 0.950 bits per heavy atom. The fraction of sp³-hybridized carbons (Fsp3) is 0.281. The summed E-state index contributed by atoms with van der Waals surface area (Å²) in [5.74, 6) is -0.673. The molecule has 1 unspecified atom stereocenters. The number of halogens is 1. The number of hydrogen-bond acceptors (Lipinski definition) is 5. The van der Waals surface area contributed by atoms with Gasteiger partial charge in [-0.3, -0.25) is 14.4 Å². The minimum atomic E-state index is -0.935. The summed E-state index contributed by atoms with van der Waals surface area (Å²) in [5, 5.41) is -0.469. The second kappa shape index (κ2) is 13.9. The zero-order valence-electron chi connectivity index (χ0n) is 22.7. The van der Waals surface area contributed by atoms with Crippen LogP contribution < -0.4 is 5.43 Å². The highest BCUT2D eigenvalue weighted by Crippen LogP contribution is 2.23. The van der Waals surface area contributed by atoms with Crippen LogP contribution in [0.1, 0.15) is 34.1 Å². The van der Waals surface area contributed by atoms with Crippen molar-refractivity contribution in [3.63, 3.8) is 0 Å². The van der Waals surface area contributed by atoms with Crippen molar-refractivity contribution >= 4 is 34.4 Å². The summed E-state index contributed by atoms with van der Waals surface area (Å²) in [6.07, 6.45) is 1.96. The topological polar surface area (TPSA) is 80.1 Å². The summed E-state index contributed by atoms with van der Waals surface area (Å²) in [7, 11) is 1.59. The van der Waals surface area contributed by atoms with E-state index in [9.17, 15) is 14.4 Å². The van der Waals surface area contributed by atoms with E-state index >= 15 is 0 Å². The van der Waals surface area contributed by atoms with E-state index in [2.05, 4.69) is 0 Å². The fourth-order valence-electron chi connectivity index (χ4n) is 4.49. The molecule has 208 valence electrons. The molecule has 0 aliphatic carbocycles. The van der Waals surface area contributed by atoms with Crippen molar-refractivity contribution in [1.82, 2.24) is 9.80 Å². The summed E-state index contributed by atoms with van der Waals surface area (Å²) in [6, 6.07) is 24.0. The summed E-state index contributed by atoms with van der Waals surface area (Å²) in [4.78, 5) is 43.7. The number of rotatable bonds is 12. The standard InChI is InChI=1S/C32H33ClN2O5/c1-23-14-15-28-27(18-23)31(37)26(22-40-28)20-35(19-24-10-5-3-6-11-24)29(36)21-34(16-9-17-39-2)32(38)30(33)25-12-7-4-8-13-25/h3-8,10-15,18,22,30H,9,16-17,19-21H2,1-2H3. The van der Waals surface area contributed by atoms with E-state index in [1.54, 1.807) is 36.3 Å². The quantitative estimate of drug-likeness (QED) is 0.169. The van der Waals surface area contributed by atoms with Gasteiger partial charge in [0.2, 0.25) is 11.8 Å². The first-order valence-corrected chi connectivity index (χ1v) is 13.6. The molecule has 8 heteroatoms. The van der Waals surface area contributed by atoms with Crippen molar-refractivity contribution < 1.29 is 18.7 Å². The lowest BCUT2D eigenvalue weighted by Crippen LogP contribution is -2.44. The van der Waals surface area contributed by atoms with Gasteiger partial charge in [0.15, 0.2) is 5.43 Å². The number of nitrogens with zero attached hydrogens (tertiary/aromatic N) is 2. The number of fused-ring (bicyclic) bond motifs is 1. The summed E-state index contributed by atoms with van der Waals surface area (Å²) < 4.78 is 10.9. The van der Waals surface area contributed by atoms with Gasteiger partial charge in [-0.05, 0) is 36.6 Å². The predicted molar refractivity (Wildman–Crippen MR) is 156 cm³/mol. The zero-order valence-corrected chi connectivity index (χ0v) is 23.5. The zero-order chi connectivity index (χ0) is 28.5. The van der Waals surface area contributed by atoms with Gasteiger partial charge in [-0.1, -0.05) is 72.3 Å². The van der Waals surface area contributed by atoms with Gasteiger partial charge in [-0.15, -0.1) is 11.6 Å². The van der Waals surface area contributed by atoms with Gasteiger partial charge in [0.05, 0.1) is 30.3 Å². The lowest BCUT2D eigenvalue weighted by molar-refractivity contribution is -0.141. The number of carbonyl (C=O) groups is 2. The Hall–Kier alpha value is -3.94. The van der Waals surface area contributed by atoms with Gasteiger partial charge in [0, 0.05) is 26.8 Å². The molecule has 0 aliphatic heterocycles. The second-order valence-electron chi connectivity index (χ2n) is 9.70. The van der Waals surface area contributed by atoms with Crippen molar-refractivity contribution in [1.29, 1.82) is 0 Å². The van der Waals surface area contributed by atoms with Gasteiger partial charge >= 0.3 is 0 Å². The number of ether oxygens (including phenoxy) is 1. The molecule has 0 saturated carbocycles. The molecule has 0 spiro atoms. The smallest absolute Gasteiger partial charge is 0.245 e. The number of aryl methyl sites for hydroxylation is 1. The molecule has 7 nitrogen and oxygen atoms in total. The maximum Gasteiger partial charge on any atom is 0.245 e. The summed E-state index contributed by atoms with van der Waals surface area (Å²) in [6.45, 7) is 2.73. The molecule has 4 rings (SSSR count). The molecule has 1 aromatic heterocycles. The van der Waals surface area contributed by atoms with Gasteiger partial charge in [-0.2, -0.15) is 0 Å². The number of alkyl halides is 1. The number of carbonyl (C=O) groups excluding carboxylic acids is 2. The molecule has 0 aliphatic rings. The van der Waals surface area contributed by atoms with Crippen LogP contribution in [0.3, 0.4) is 0 Å². The highest BCUT2D eigenvalue weighted by atomic mass is 35.5. The van der Waals surface area contributed by atoms with Crippen LogP contribution in [0.5, 0.6) is 0 Å². The monoisotopic (exact) mass is 560 g/mol. The normalized spacial score (nSPS) is 11.8. The lowest BCUT2D eigenvalue weighted by atomic mass is 10.1. The van der Waals surface area contributed by atoms with Crippen molar-refractivity contribution in [2.45, 2.75) is 31.8 Å². The molecule has 3 aromatic carbocycles. The fourth-order valence-corrected chi connectivity index (χ4v) is 4.77. The van der Waals surface area contributed by atoms with Crippen molar-refractivity contribution in [3.8, 4) is 0 Å². The Balaban J connectivity index is 1.61. The maximum absolute atomic E-state index is 13.8. The molecule has 0 N–H and O–H groups in total. The Bertz CT molecular complexity index is 1490. The first-order valence-electron chi connectivity index (χ1n) is 13.2. The van der Waals surface area contributed by atoms with Crippen molar-refractivity contribution in [2.24, 2.45) is 0 Å². The van der Waals surface area contributed by atoms with Crippen LogP contribution in [0.25, 0.3) is 11.0 Å². The molecule has 0 radical (unpaired) electrons. The molecule has 0 fully saturated rings. The van der Waals surface area contributed by atoms with Gasteiger partial charge in [-0.25, -0.2) is 0 Å². The van der Waals surface area contributed by atoms with Crippen molar-refractivity contribution in [2.75, 3.05) is 26.8 Å². The van der Waals surface area contributed by atoms with E-state index in [0.717, 1.165) is 11.1 Å². The maximum atomic E-state index is 13.8. The lowest BCUT2D eigenvalue weighted by Gasteiger charge is -2.29. The molecular weight excluding hydrogens is 528 g/mol. The Kier molecular flexibility index (Phi) is 10.1. The largest absolute Gasteiger partial charge is 0.464 e. The van der Waals surface area contributed by atoms with Crippen LogP contribution in [0, 0.1) is 6.92 Å². The molecule has 4 aromatic rings. The number of amides is 2. The Morgan fingerprint density at radius 3 is 2.35 bits per heavy atom. The van der Waals surface area contributed by atoms with Crippen LogP contribution >= 0.6 is 11.6 Å². The van der Waals surface area contributed by atoms with Crippen molar-refractivity contribution in [3.05, 3.63) is 118 Å². The Morgan fingerprint density at radius 2 is 1.65 bits per heavy atom. The first-order chi connectivity index (χ1) is 19.4. The average molecular weight is 561 g/mol. The van der Waals surface area contributed by atoms with E-state index < -0.39 is 5.38 Å². The average Bonchev–Trinajstić information content (AvgIpc) is 2.98. The van der Waals surface area contributed by atoms with Crippen LogP contribution in [0.4, 0.5) is 0 Å². The molecule has 2 amide bonds. The third-order valence-corrected chi connectivity index (χ3v) is 7.09. The summed E-state index contributed by atoms with van der Waals surface area (Å²) >= 11 is 6.57. The Labute approximate surface area is 238 Å². The van der Waals surface area contributed by atoms with E-state index in [0.29, 0.717) is 41.7 Å². The van der Waals surface area contributed by atoms with Crippen LogP contribution in [0.2, 0.25) is 0 Å². The van der Waals surface area contributed by atoms with Crippen LogP contribution in [-0.4, -0.2) is 48.4 Å². The van der Waals surface area contributed by atoms with Gasteiger partial charge in [0.25, 0.3) is 0 Å². The number of hydrogen-bond donors (Lipinski definition) is 0. The minimum absolute atomic E-state index is 0.0308. The second-order valence-corrected chi connectivity index (χ2v) is 10.1. The highest BCUT2D eigenvalue weighted by Gasteiger charge is 2.28. The SMILES string of the molecule is COCCCN(CC(=O)N(Cc1ccccc1)Cc1coc2ccc(C)cc2c1=O)C(=O)C(Cl)c1ccccc1. The first kappa shape index (κ1) is 29.1. The van der Waals surface area contributed by atoms with Gasteiger partial charge in [0.1, 0.15) is 11.0 Å². The predicted octanol–water partition coefficient (Wildman–Crippen LogP) is 5.48. The molecular formula is C32H33ClN2O5. The third kappa shape index (κ3) is 7.37. The van der Waals surface area contributed by atoms with Crippen LogP contribution in [-0.2, 0) is 27.4 Å². The van der Waals surface area contributed by atoms with E-state index in [4.69, 9.17) is 20.8 Å². The molecule has 1 atom stereocenters. The number of benzene rings is 3. The molecule has 0 bridgehead atoms. The van der Waals surface area contributed by atoms with E-state index in [1.807, 2.05) is 61.5 Å². The molecule has 40 heavy (non-hydrogen) atoms.